The molecule has 1 heterocycles. The van der Waals surface area contributed by atoms with Gasteiger partial charge in [0.1, 0.15) is 4.20 Å². The molecule has 102 valence electrons. The molecule has 0 fully saturated rings. The van der Waals surface area contributed by atoms with E-state index in [1.807, 2.05) is 65.7 Å². The zero-order chi connectivity index (χ0) is 14.5. The molecule has 0 saturated carbocycles. The standard InChI is InChI=1S/C15H12BrNOS2/c1-20-15(19)13(17-9-3-2-4-10-17)14(18)11-5-7-12(16)8-6-11/h2-10H,1H3/p+1. The molecule has 0 radical (unpaired) electrons. The van der Waals surface area contributed by atoms with Crippen LogP contribution in [0.15, 0.2) is 59.3 Å². The van der Waals surface area contributed by atoms with Gasteiger partial charge in [-0.15, -0.1) is 11.8 Å². The van der Waals surface area contributed by atoms with Gasteiger partial charge in [0, 0.05) is 22.2 Å². The van der Waals surface area contributed by atoms with E-state index < -0.39 is 0 Å². The first kappa shape index (κ1) is 15.2. The van der Waals surface area contributed by atoms with Crippen LogP contribution in [0.3, 0.4) is 0 Å². The molecule has 0 spiro atoms. The lowest BCUT2D eigenvalue weighted by Gasteiger charge is -2.06. The van der Waals surface area contributed by atoms with Crippen molar-refractivity contribution in [3.63, 3.8) is 0 Å². The first-order chi connectivity index (χ1) is 9.63. The van der Waals surface area contributed by atoms with E-state index in [0.717, 1.165) is 10.0 Å². The first-order valence-corrected chi connectivity index (χ1v) is 8.30. The number of pyridine rings is 1. The lowest BCUT2D eigenvalue weighted by atomic mass is 10.1. The number of aliphatic hydroxyl groups is 1. The Morgan fingerprint density at radius 2 is 1.75 bits per heavy atom. The minimum atomic E-state index is 0.174. The Morgan fingerprint density at radius 3 is 2.30 bits per heavy atom. The Kier molecular flexibility index (Phi) is 5.34. The van der Waals surface area contributed by atoms with Crippen LogP contribution in [0.25, 0.3) is 11.5 Å². The normalized spacial score (nSPS) is 11.9. The largest absolute Gasteiger partial charge is 0.502 e. The highest BCUT2D eigenvalue weighted by atomic mass is 79.9. The van der Waals surface area contributed by atoms with Crippen molar-refractivity contribution < 1.29 is 9.67 Å². The molecule has 0 unspecified atom stereocenters. The van der Waals surface area contributed by atoms with E-state index in [4.69, 9.17) is 12.2 Å². The first-order valence-electron chi connectivity index (χ1n) is 5.87. The van der Waals surface area contributed by atoms with Gasteiger partial charge in [-0.05, 0) is 30.5 Å². The van der Waals surface area contributed by atoms with Crippen LogP contribution in [0, 0.1) is 0 Å². The second-order valence-corrected chi connectivity index (χ2v) is 6.38. The summed E-state index contributed by atoms with van der Waals surface area (Å²) in [6, 6.07) is 13.2. The van der Waals surface area contributed by atoms with Gasteiger partial charge in [0.25, 0.3) is 5.70 Å². The number of hydrogen-bond donors (Lipinski definition) is 1. The predicted octanol–water partition coefficient (Wildman–Crippen LogP) is 4.31. The van der Waals surface area contributed by atoms with Gasteiger partial charge in [-0.1, -0.05) is 34.2 Å². The summed E-state index contributed by atoms with van der Waals surface area (Å²) in [6.07, 6.45) is 5.64. The van der Waals surface area contributed by atoms with Gasteiger partial charge < -0.3 is 5.11 Å². The number of benzene rings is 1. The Balaban J connectivity index is 2.57. The maximum Gasteiger partial charge on any atom is 0.278 e. The van der Waals surface area contributed by atoms with Crippen LogP contribution >= 0.6 is 39.9 Å². The second kappa shape index (κ2) is 7.02. The fourth-order valence-electron chi connectivity index (χ4n) is 1.71. The van der Waals surface area contributed by atoms with Gasteiger partial charge in [-0.3, -0.25) is 0 Å². The molecule has 1 aromatic carbocycles. The van der Waals surface area contributed by atoms with Gasteiger partial charge in [0.2, 0.25) is 0 Å². The minimum absolute atomic E-state index is 0.174. The smallest absolute Gasteiger partial charge is 0.278 e. The van der Waals surface area contributed by atoms with E-state index in [1.54, 1.807) is 0 Å². The molecule has 0 aliphatic heterocycles. The summed E-state index contributed by atoms with van der Waals surface area (Å²) in [6.45, 7) is 0. The SMILES string of the molecule is CSC(=S)/C(=C(/O)c1ccc(Br)cc1)[n+]1ccccc1. The maximum atomic E-state index is 10.6. The fourth-order valence-corrected chi connectivity index (χ4v) is 2.58. The predicted molar refractivity (Wildman–Crippen MR) is 92.6 cm³/mol. The third kappa shape index (κ3) is 3.48. The summed E-state index contributed by atoms with van der Waals surface area (Å²) in [7, 11) is 0. The van der Waals surface area contributed by atoms with Gasteiger partial charge in [-0.2, -0.15) is 4.57 Å². The number of thioether (sulfide) groups is 1. The monoisotopic (exact) mass is 366 g/mol. The van der Waals surface area contributed by atoms with Crippen LogP contribution in [-0.2, 0) is 0 Å². The van der Waals surface area contributed by atoms with Crippen molar-refractivity contribution in [3.8, 4) is 0 Å². The molecule has 0 atom stereocenters. The molecule has 20 heavy (non-hydrogen) atoms. The van der Waals surface area contributed by atoms with Gasteiger partial charge >= 0.3 is 0 Å². The fraction of sp³-hybridized carbons (Fsp3) is 0.0667. The average Bonchev–Trinajstić information content (AvgIpc) is 2.49. The van der Waals surface area contributed by atoms with E-state index in [0.29, 0.717) is 9.89 Å². The van der Waals surface area contributed by atoms with Crippen molar-refractivity contribution in [2.45, 2.75) is 0 Å². The van der Waals surface area contributed by atoms with E-state index >= 15 is 0 Å². The summed E-state index contributed by atoms with van der Waals surface area (Å²) < 4.78 is 3.44. The summed E-state index contributed by atoms with van der Waals surface area (Å²) >= 11 is 10.2. The van der Waals surface area contributed by atoms with Crippen molar-refractivity contribution in [1.29, 1.82) is 0 Å². The Hall–Kier alpha value is -1.17. The molecule has 2 aromatic rings. The van der Waals surface area contributed by atoms with Crippen LogP contribution in [0.2, 0.25) is 0 Å². The Labute approximate surface area is 136 Å². The summed E-state index contributed by atoms with van der Waals surface area (Å²) in [5, 5.41) is 10.6. The van der Waals surface area contributed by atoms with E-state index in [1.165, 1.54) is 11.8 Å². The molecular weight excluding hydrogens is 354 g/mol. The highest BCUT2D eigenvalue weighted by molar-refractivity contribution is 9.10. The molecule has 0 amide bonds. The lowest BCUT2D eigenvalue weighted by molar-refractivity contribution is -0.575. The van der Waals surface area contributed by atoms with Crippen LogP contribution < -0.4 is 4.57 Å². The summed E-state index contributed by atoms with van der Waals surface area (Å²) in [5.74, 6) is 0.174. The highest BCUT2D eigenvalue weighted by Crippen LogP contribution is 2.22. The van der Waals surface area contributed by atoms with Crippen molar-refractivity contribution >= 4 is 55.6 Å². The van der Waals surface area contributed by atoms with Crippen LogP contribution in [0.4, 0.5) is 0 Å². The van der Waals surface area contributed by atoms with Crippen molar-refractivity contribution in [1.82, 2.24) is 0 Å². The molecule has 1 N–H and O–H groups in total. The third-order valence-electron chi connectivity index (χ3n) is 2.69. The van der Waals surface area contributed by atoms with Crippen LogP contribution in [0.1, 0.15) is 5.56 Å². The summed E-state index contributed by atoms with van der Waals surface area (Å²) in [4.78, 5) is 0. The molecule has 0 aliphatic rings. The Morgan fingerprint density at radius 1 is 1.15 bits per heavy atom. The number of nitrogens with zero attached hydrogens (tertiary/aromatic N) is 1. The number of aliphatic hydroxyl groups excluding tert-OH is 1. The average molecular weight is 367 g/mol. The maximum absolute atomic E-state index is 10.6. The van der Waals surface area contributed by atoms with Gasteiger partial charge in [0.15, 0.2) is 18.2 Å². The summed E-state index contributed by atoms with van der Waals surface area (Å²) in [5.41, 5.74) is 1.35. The number of rotatable bonds is 3. The van der Waals surface area contributed by atoms with E-state index in [-0.39, 0.29) is 5.76 Å². The third-order valence-corrected chi connectivity index (χ3v) is 4.48. The van der Waals surface area contributed by atoms with Crippen molar-refractivity contribution in [2.75, 3.05) is 6.26 Å². The topological polar surface area (TPSA) is 24.1 Å². The zero-order valence-corrected chi connectivity index (χ0v) is 14.0. The molecule has 0 saturated heterocycles. The number of thiocarbonyl (C=S) groups is 1. The van der Waals surface area contributed by atoms with Crippen molar-refractivity contribution in [2.24, 2.45) is 0 Å². The number of halogens is 1. The van der Waals surface area contributed by atoms with Crippen LogP contribution in [0.5, 0.6) is 0 Å². The second-order valence-electron chi connectivity index (χ2n) is 3.98. The molecule has 2 nitrogen and oxygen atoms in total. The lowest BCUT2D eigenvalue weighted by Crippen LogP contribution is -2.35. The van der Waals surface area contributed by atoms with Crippen molar-refractivity contribution in [3.05, 3.63) is 64.9 Å². The van der Waals surface area contributed by atoms with E-state index in [9.17, 15) is 5.11 Å². The quantitative estimate of drug-likeness (QED) is 0.379. The molecular formula is C15H13BrNOS2+. The molecule has 0 bridgehead atoms. The zero-order valence-electron chi connectivity index (χ0n) is 10.8. The van der Waals surface area contributed by atoms with Gasteiger partial charge in [0.05, 0.1) is 0 Å². The molecule has 2 rings (SSSR count). The molecule has 5 heteroatoms. The van der Waals surface area contributed by atoms with Crippen LogP contribution in [-0.4, -0.2) is 15.6 Å². The Bertz CT molecular complexity index is 639. The number of aromatic nitrogens is 1. The number of hydrogen-bond acceptors (Lipinski definition) is 3. The van der Waals surface area contributed by atoms with Gasteiger partial charge in [-0.25, -0.2) is 0 Å². The molecule has 1 aromatic heterocycles. The highest BCUT2D eigenvalue weighted by Gasteiger charge is 2.22. The minimum Gasteiger partial charge on any atom is -0.502 e. The molecule has 0 aliphatic carbocycles. The van der Waals surface area contributed by atoms with E-state index in [2.05, 4.69) is 15.9 Å².